The Bertz CT molecular complexity index is 416. The fraction of sp³-hybridized carbons (Fsp3) is 0.222. The number of carbonyl (C=O) groups excluding carboxylic acids is 1. The van der Waals surface area contributed by atoms with Gasteiger partial charge in [0.15, 0.2) is 5.52 Å². The molecule has 0 amide bonds. The maximum absolute atomic E-state index is 12.4. The summed E-state index contributed by atoms with van der Waals surface area (Å²) in [5.74, 6) is 0. The summed E-state index contributed by atoms with van der Waals surface area (Å²) in [4.78, 5) is 10.9. The molecule has 17 heavy (non-hydrogen) atoms. The molecule has 0 saturated carbocycles. The molecule has 0 aliphatic rings. The van der Waals surface area contributed by atoms with Gasteiger partial charge in [-0.2, -0.15) is 26.3 Å². The van der Waals surface area contributed by atoms with Crippen molar-refractivity contribution >= 4 is 14.8 Å². The molecule has 0 radical (unpaired) electrons. The van der Waals surface area contributed by atoms with Gasteiger partial charge in [0.1, 0.15) is 0 Å². The summed E-state index contributed by atoms with van der Waals surface area (Å²) in [5.41, 5.74) is -5.91. The zero-order chi connectivity index (χ0) is 13.4. The van der Waals surface area contributed by atoms with Crippen LogP contribution in [0.2, 0.25) is 0 Å². The van der Waals surface area contributed by atoms with Crippen LogP contribution in [0.4, 0.5) is 26.3 Å². The van der Waals surface area contributed by atoms with Crippen LogP contribution in [0, 0.1) is 0 Å². The van der Waals surface area contributed by atoms with Crippen LogP contribution >= 0.6 is 9.24 Å². The Morgan fingerprint density at radius 3 is 1.53 bits per heavy atom. The molecule has 1 nitrogen and oxygen atoms in total. The predicted molar refractivity (Wildman–Crippen MR) is 50.5 cm³/mol. The second kappa shape index (κ2) is 4.29. The first-order valence-electron chi connectivity index (χ1n) is 4.12. The average Bonchev–Trinajstić information content (AvgIpc) is 2.13. The molecule has 1 atom stereocenters. The van der Waals surface area contributed by atoms with E-state index in [-0.39, 0.29) is 0 Å². The standard InChI is InChI=1S/C9H5F6OP/c10-8(11,12)4-2-1-3-5(9(13,14)15)6(4)7(16)17/h1-3H,17H2. The zero-order valence-corrected chi connectivity index (χ0v) is 9.14. The molecule has 0 saturated heterocycles. The Morgan fingerprint density at radius 2 is 1.29 bits per heavy atom. The molecule has 1 aromatic rings. The highest BCUT2D eigenvalue weighted by molar-refractivity contribution is 7.41. The maximum Gasteiger partial charge on any atom is 0.417 e. The third-order valence-corrected chi connectivity index (χ3v) is 2.21. The summed E-state index contributed by atoms with van der Waals surface area (Å²) >= 11 is 0. The third-order valence-electron chi connectivity index (χ3n) is 1.92. The molecule has 1 rings (SSSR count). The van der Waals surface area contributed by atoms with Crippen LogP contribution in [-0.4, -0.2) is 5.52 Å². The van der Waals surface area contributed by atoms with Gasteiger partial charge in [-0.25, -0.2) is 0 Å². The zero-order valence-electron chi connectivity index (χ0n) is 7.99. The first-order valence-corrected chi connectivity index (χ1v) is 4.70. The summed E-state index contributed by atoms with van der Waals surface area (Å²) in [7, 11) is 1.32. The number of hydrogen-bond acceptors (Lipinski definition) is 1. The van der Waals surface area contributed by atoms with E-state index in [1.54, 1.807) is 0 Å². The number of carbonyl (C=O) groups is 1. The van der Waals surface area contributed by atoms with E-state index < -0.39 is 34.6 Å². The highest BCUT2D eigenvalue weighted by Gasteiger charge is 2.41. The van der Waals surface area contributed by atoms with Crippen LogP contribution in [0.5, 0.6) is 0 Å². The highest BCUT2D eigenvalue weighted by atomic mass is 31.0. The Morgan fingerprint density at radius 1 is 0.941 bits per heavy atom. The highest BCUT2D eigenvalue weighted by Crippen LogP contribution is 2.40. The van der Waals surface area contributed by atoms with E-state index in [9.17, 15) is 31.1 Å². The Labute approximate surface area is 94.0 Å². The van der Waals surface area contributed by atoms with E-state index >= 15 is 0 Å². The van der Waals surface area contributed by atoms with Gasteiger partial charge in [0.05, 0.1) is 11.1 Å². The number of halogens is 6. The van der Waals surface area contributed by atoms with E-state index in [2.05, 4.69) is 0 Å². The summed E-state index contributed by atoms with van der Waals surface area (Å²) < 4.78 is 74.7. The van der Waals surface area contributed by atoms with Crippen molar-refractivity contribution in [2.75, 3.05) is 0 Å². The monoisotopic (exact) mass is 274 g/mol. The topological polar surface area (TPSA) is 17.1 Å². The summed E-state index contributed by atoms with van der Waals surface area (Å²) in [6, 6.07) is 1.49. The van der Waals surface area contributed by atoms with Gasteiger partial charge in [-0.3, -0.25) is 4.79 Å². The van der Waals surface area contributed by atoms with Crippen LogP contribution in [0.3, 0.4) is 0 Å². The lowest BCUT2D eigenvalue weighted by atomic mass is 10.0. The van der Waals surface area contributed by atoms with Gasteiger partial charge < -0.3 is 0 Å². The van der Waals surface area contributed by atoms with E-state index in [1.807, 2.05) is 0 Å². The van der Waals surface area contributed by atoms with Crippen molar-refractivity contribution < 1.29 is 31.1 Å². The van der Waals surface area contributed by atoms with Crippen LogP contribution in [0.25, 0.3) is 0 Å². The smallest absolute Gasteiger partial charge is 0.290 e. The van der Waals surface area contributed by atoms with Crippen LogP contribution < -0.4 is 0 Å². The second-order valence-electron chi connectivity index (χ2n) is 3.09. The number of rotatable bonds is 1. The Balaban J connectivity index is 3.61. The van der Waals surface area contributed by atoms with Gasteiger partial charge in [-0.15, -0.1) is 0 Å². The SMILES string of the molecule is O=C(P)c1c(C(F)(F)F)cccc1C(F)(F)F. The molecule has 1 aromatic carbocycles. The van der Waals surface area contributed by atoms with Gasteiger partial charge in [0.25, 0.3) is 0 Å². The van der Waals surface area contributed by atoms with E-state index in [4.69, 9.17) is 0 Å². The summed E-state index contributed by atoms with van der Waals surface area (Å²) in [5, 5.41) is 0. The molecular formula is C9H5F6OP. The minimum atomic E-state index is -5.01. The van der Waals surface area contributed by atoms with Gasteiger partial charge in [-0.05, 0) is 12.1 Å². The second-order valence-corrected chi connectivity index (χ2v) is 3.61. The van der Waals surface area contributed by atoms with E-state index in [0.29, 0.717) is 18.2 Å². The van der Waals surface area contributed by atoms with Crippen molar-refractivity contribution in [2.24, 2.45) is 0 Å². The minimum absolute atomic E-state index is 0.437. The molecule has 1 unspecified atom stereocenters. The first kappa shape index (κ1) is 14.0. The van der Waals surface area contributed by atoms with Crippen molar-refractivity contribution in [1.82, 2.24) is 0 Å². The van der Waals surface area contributed by atoms with Crippen molar-refractivity contribution in [1.29, 1.82) is 0 Å². The Kier molecular flexibility index (Phi) is 3.52. The lowest BCUT2D eigenvalue weighted by Crippen LogP contribution is -2.17. The number of alkyl halides is 6. The molecule has 0 aromatic heterocycles. The first-order chi connectivity index (χ1) is 7.55. The molecular weight excluding hydrogens is 269 g/mol. The molecule has 0 fully saturated rings. The maximum atomic E-state index is 12.4. The Hall–Kier alpha value is -1.10. The lowest BCUT2D eigenvalue weighted by Gasteiger charge is -2.16. The van der Waals surface area contributed by atoms with Crippen molar-refractivity contribution in [3.05, 3.63) is 34.9 Å². The predicted octanol–water partition coefficient (Wildman–Crippen LogP) is 3.74. The molecule has 0 N–H and O–H groups in total. The normalized spacial score (nSPS) is 12.6. The average molecular weight is 274 g/mol. The van der Waals surface area contributed by atoms with Crippen LogP contribution in [0.15, 0.2) is 18.2 Å². The van der Waals surface area contributed by atoms with Crippen LogP contribution in [-0.2, 0) is 12.4 Å². The molecule has 0 bridgehead atoms. The molecule has 0 spiro atoms. The van der Waals surface area contributed by atoms with Crippen LogP contribution in [0.1, 0.15) is 21.5 Å². The fourth-order valence-corrected chi connectivity index (χ4v) is 1.60. The van der Waals surface area contributed by atoms with E-state index in [0.717, 1.165) is 0 Å². The molecule has 8 heteroatoms. The minimum Gasteiger partial charge on any atom is -0.290 e. The van der Waals surface area contributed by atoms with Gasteiger partial charge in [0.2, 0.25) is 0 Å². The number of hydrogen-bond donors (Lipinski definition) is 0. The van der Waals surface area contributed by atoms with Gasteiger partial charge >= 0.3 is 12.4 Å². The summed E-state index contributed by atoms with van der Waals surface area (Å²) in [6.07, 6.45) is -10.0. The number of benzene rings is 1. The third kappa shape index (κ3) is 2.97. The lowest BCUT2D eigenvalue weighted by molar-refractivity contribution is -0.143. The molecule has 94 valence electrons. The molecule has 0 heterocycles. The summed E-state index contributed by atoms with van der Waals surface area (Å²) in [6.45, 7) is 0. The molecule has 0 aliphatic heterocycles. The van der Waals surface area contributed by atoms with Crippen molar-refractivity contribution in [3.63, 3.8) is 0 Å². The quantitative estimate of drug-likeness (QED) is 0.563. The van der Waals surface area contributed by atoms with E-state index in [1.165, 1.54) is 9.24 Å². The van der Waals surface area contributed by atoms with Crippen molar-refractivity contribution in [2.45, 2.75) is 12.4 Å². The largest absolute Gasteiger partial charge is 0.417 e. The van der Waals surface area contributed by atoms with Crippen molar-refractivity contribution in [3.8, 4) is 0 Å². The molecule has 0 aliphatic carbocycles. The fourth-order valence-electron chi connectivity index (χ4n) is 1.29. The van der Waals surface area contributed by atoms with Gasteiger partial charge in [-0.1, -0.05) is 15.3 Å². The van der Waals surface area contributed by atoms with Gasteiger partial charge in [0, 0.05) is 5.56 Å².